The second-order valence-corrected chi connectivity index (χ2v) is 8.44. The fourth-order valence-electron chi connectivity index (χ4n) is 4.23. The van der Waals surface area contributed by atoms with E-state index < -0.39 is 0 Å². The number of benzene rings is 2. The molecule has 2 aromatic heterocycles. The van der Waals surface area contributed by atoms with Crippen molar-refractivity contribution in [1.29, 1.82) is 0 Å². The second kappa shape index (κ2) is 9.11. The van der Waals surface area contributed by atoms with Crippen molar-refractivity contribution in [3.05, 3.63) is 83.3 Å². The lowest BCUT2D eigenvalue weighted by Crippen LogP contribution is -2.49. The Morgan fingerprint density at radius 2 is 1.76 bits per heavy atom. The highest BCUT2D eigenvalue weighted by Gasteiger charge is 2.26. The maximum atomic E-state index is 13.5. The van der Waals surface area contributed by atoms with E-state index in [0.29, 0.717) is 49.3 Å². The Hall–Kier alpha value is -3.58. The third-order valence-electron chi connectivity index (χ3n) is 5.99. The van der Waals surface area contributed by atoms with Crippen LogP contribution in [-0.2, 0) is 6.54 Å². The van der Waals surface area contributed by atoms with E-state index in [1.807, 2.05) is 53.6 Å². The first-order valence-corrected chi connectivity index (χ1v) is 11.2. The summed E-state index contributed by atoms with van der Waals surface area (Å²) in [6, 6.07) is 15.5. The molecule has 168 valence electrons. The van der Waals surface area contributed by atoms with Crippen LogP contribution >= 0.6 is 11.6 Å². The summed E-state index contributed by atoms with van der Waals surface area (Å²) in [7, 11) is 1.66. The minimum absolute atomic E-state index is 0.0179. The first-order valence-electron chi connectivity index (χ1n) is 10.8. The molecule has 8 heteroatoms. The summed E-state index contributed by atoms with van der Waals surface area (Å²) in [6.45, 7) is 3.27. The van der Waals surface area contributed by atoms with Gasteiger partial charge in [-0.15, -0.1) is 0 Å². The molecule has 1 aliphatic heterocycles. The van der Waals surface area contributed by atoms with Crippen molar-refractivity contribution in [2.24, 2.45) is 0 Å². The van der Waals surface area contributed by atoms with Gasteiger partial charge in [-0.05, 0) is 42.0 Å². The van der Waals surface area contributed by atoms with Crippen LogP contribution in [0, 0.1) is 0 Å². The van der Waals surface area contributed by atoms with Crippen molar-refractivity contribution in [2.75, 3.05) is 38.2 Å². The number of piperazine rings is 1. The van der Waals surface area contributed by atoms with Gasteiger partial charge in [-0.1, -0.05) is 23.7 Å². The Morgan fingerprint density at radius 3 is 2.45 bits per heavy atom. The molecule has 1 fully saturated rings. The first-order chi connectivity index (χ1) is 16.1. The van der Waals surface area contributed by atoms with Crippen molar-refractivity contribution < 1.29 is 9.53 Å². The molecule has 4 aromatic rings. The van der Waals surface area contributed by atoms with E-state index in [9.17, 15) is 4.79 Å². The van der Waals surface area contributed by atoms with Gasteiger partial charge in [-0.3, -0.25) is 4.79 Å². The maximum Gasteiger partial charge on any atom is 0.256 e. The number of carbonyl (C=O) groups is 1. The van der Waals surface area contributed by atoms with E-state index in [0.717, 1.165) is 22.2 Å². The van der Waals surface area contributed by atoms with Gasteiger partial charge in [0.2, 0.25) is 5.95 Å². The molecular formula is C25H24ClN5O2. The number of hydrogen-bond acceptors (Lipinski definition) is 5. The Morgan fingerprint density at radius 1 is 1.03 bits per heavy atom. The molecule has 0 aliphatic carbocycles. The highest BCUT2D eigenvalue weighted by molar-refractivity contribution is 6.31. The number of halogens is 1. The molecule has 2 aromatic carbocycles. The third kappa shape index (κ3) is 4.36. The van der Waals surface area contributed by atoms with Crippen LogP contribution in [0.3, 0.4) is 0 Å². The molecule has 1 amide bonds. The predicted molar refractivity (Wildman–Crippen MR) is 129 cm³/mol. The topological polar surface area (TPSA) is 63.5 Å². The largest absolute Gasteiger partial charge is 0.497 e. The van der Waals surface area contributed by atoms with E-state index in [1.165, 1.54) is 0 Å². The van der Waals surface area contributed by atoms with Crippen LogP contribution in [0.5, 0.6) is 5.75 Å². The number of methoxy groups -OCH3 is 1. The van der Waals surface area contributed by atoms with Gasteiger partial charge in [-0.25, -0.2) is 9.97 Å². The fraction of sp³-hybridized carbons (Fsp3) is 0.240. The Bertz CT molecular complexity index is 1270. The molecule has 0 radical (unpaired) electrons. The Labute approximate surface area is 197 Å². The molecule has 7 nitrogen and oxygen atoms in total. The minimum Gasteiger partial charge on any atom is -0.497 e. The first kappa shape index (κ1) is 21.3. The van der Waals surface area contributed by atoms with Gasteiger partial charge in [0.25, 0.3) is 5.91 Å². The molecule has 0 saturated carbocycles. The number of anilines is 1. The molecule has 0 bridgehead atoms. The highest BCUT2D eigenvalue weighted by atomic mass is 35.5. The summed E-state index contributed by atoms with van der Waals surface area (Å²) < 4.78 is 7.36. The average molecular weight is 462 g/mol. The van der Waals surface area contributed by atoms with Crippen LogP contribution in [-0.4, -0.2) is 58.6 Å². The van der Waals surface area contributed by atoms with Crippen LogP contribution < -0.4 is 9.64 Å². The van der Waals surface area contributed by atoms with Crippen molar-refractivity contribution in [3.63, 3.8) is 0 Å². The Kier molecular flexibility index (Phi) is 5.88. The van der Waals surface area contributed by atoms with Gasteiger partial charge in [0.15, 0.2) is 0 Å². The standard InChI is InChI=1S/C25H24ClN5O2/c1-33-20-6-3-18(4-7-20)16-31-17-22(21-15-19(26)5-8-23(21)31)24(32)29-11-13-30(14-12-29)25-27-9-2-10-28-25/h2-10,15,17H,11-14,16H2,1H3. The van der Waals surface area contributed by atoms with Gasteiger partial charge in [0.1, 0.15) is 5.75 Å². The summed E-state index contributed by atoms with van der Waals surface area (Å²) in [5, 5.41) is 1.49. The minimum atomic E-state index is 0.0179. The van der Waals surface area contributed by atoms with Gasteiger partial charge in [0.05, 0.1) is 12.7 Å². The molecule has 1 saturated heterocycles. The smallest absolute Gasteiger partial charge is 0.256 e. The monoisotopic (exact) mass is 461 g/mol. The van der Waals surface area contributed by atoms with E-state index in [4.69, 9.17) is 16.3 Å². The lowest BCUT2D eigenvalue weighted by molar-refractivity contribution is 0.0748. The third-order valence-corrected chi connectivity index (χ3v) is 6.22. The molecule has 3 heterocycles. The van der Waals surface area contributed by atoms with E-state index in [-0.39, 0.29) is 5.91 Å². The molecule has 0 spiro atoms. The number of carbonyl (C=O) groups excluding carboxylic acids is 1. The number of fused-ring (bicyclic) bond motifs is 1. The zero-order valence-electron chi connectivity index (χ0n) is 18.3. The molecule has 0 unspecified atom stereocenters. The quantitative estimate of drug-likeness (QED) is 0.447. The summed E-state index contributed by atoms with van der Waals surface area (Å²) in [6.07, 6.45) is 5.42. The molecule has 0 N–H and O–H groups in total. The Balaban J connectivity index is 1.39. The lowest BCUT2D eigenvalue weighted by Gasteiger charge is -2.34. The zero-order chi connectivity index (χ0) is 22.8. The molecular weight excluding hydrogens is 438 g/mol. The van der Waals surface area contributed by atoms with Crippen LogP contribution in [0.15, 0.2) is 67.1 Å². The number of hydrogen-bond donors (Lipinski definition) is 0. The van der Waals surface area contributed by atoms with Crippen molar-refractivity contribution >= 4 is 34.4 Å². The van der Waals surface area contributed by atoms with Gasteiger partial charge >= 0.3 is 0 Å². The SMILES string of the molecule is COc1ccc(Cn2cc(C(=O)N3CCN(c4ncccn4)CC3)c3cc(Cl)ccc32)cc1. The van der Waals surface area contributed by atoms with E-state index in [2.05, 4.69) is 19.4 Å². The summed E-state index contributed by atoms with van der Waals surface area (Å²) >= 11 is 6.30. The van der Waals surface area contributed by atoms with Crippen LogP contribution in [0.2, 0.25) is 5.02 Å². The number of nitrogens with zero attached hydrogens (tertiary/aromatic N) is 5. The molecule has 5 rings (SSSR count). The van der Waals surface area contributed by atoms with Gasteiger partial charge < -0.3 is 19.1 Å². The predicted octanol–water partition coefficient (Wildman–Crippen LogP) is 4.10. The number of rotatable bonds is 5. The number of amides is 1. The highest BCUT2D eigenvalue weighted by Crippen LogP contribution is 2.28. The van der Waals surface area contributed by atoms with E-state index >= 15 is 0 Å². The normalized spacial score (nSPS) is 14.0. The maximum absolute atomic E-state index is 13.5. The van der Waals surface area contributed by atoms with Crippen molar-refractivity contribution in [1.82, 2.24) is 19.4 Å². The average Bonchev–Trinajstić information content (AvgIpc) is 3.22. The molecule has 0 atom stereocenters. The van der Waals surface area contributed by atoms with Crippen LogP contribution in [0.1, 0.15) is 15.9 Å². The summed E-state index contributed by atoms with van der Waals surface area (Å²) in [5.41, 5.74) is 2.78. The number of ether oxygens (including phenoxy) is 1. The van der Waals surface area contributed by atoms with Gasteiger partial charge in [0, 0.05) is 67.2 Å². The summed E-state index contributed by atoms with van der Waals surface area (Å²) in [5.74, 6) is 1.54. The summed E-state index contributed by atoms with van der Waals surface area (Å²) in [4.78, 5) is 26.2. The lowest BCUT2D eigenvalue weighted by atomic mass is 10.1. The van der Waals surface area contributed by atoms with Crippen LogP contribution in [0.25, 0.3) is 10.9 Å². The number of aromatic nitrogens is 3. The molecule has 33 heavy (non-hydrogen) atoms. The van der Waals surface area contributed by atoms with E-state index in [1.54, 1.807) is 25.6 Å². The molecule has 1 aliphatic rings. The van der Waals surface area contributed by atoms with Crippen LogP contribution in [0.4, 0.5) is 5.95 Å². The fourth-order valence-corrected chi connectivity index (χ4v) is 4.40. The zero-order valence-corrected chi connectivity index (χ0v) is 19.1. The van der Waals surface area contributed by atoms with Crippen molar-refractivity contribution in [2.45, 2.75) is 6.54 Å². The second-order valence-electron chi connectivity index (χ2n) is 8.01. The van der Waals surface area contributed by atoms with Gasteiger partial charge in [-0.2, -0.15) is 0 Å². The van der Waals surface area contributed by atoms with Crippen molar-refractivity contribution in [3.8, 4) is 5.75 Å².